The summed E-state index contributed by atoms with van der Waals surface area (Å²) in [4.78, 5) is 0. The molecule has 0 aliphatic heterocycles. The van der Waals surface area contributed by atoms with Crippen molar-refractivity contribution < 1.29 is 0 Å². The van der Waals surface area contributed by atoms with Gasteiger partial charge in [0.1, 0.15) is 0 Å². The van der Waals surface area contributed by atoms with Gasteiger partial charge in [0.2, 0.25) is 0 Å². The first kappa shape index (κ1) is 13.2. The zero-order chi connectivity index (χ0) is 13.2. The minimum atomic E-state index is 0.784. The third-order valence-electron chi connectivity index (χ3n) is 5.33. The van der Waals surface area contributed by atoms with E-state index in [0.717, 1.165) is 17.8 Å². The number of rotatable bonds is 5. The third-order valence-corrected chi connectivity index (χ3v) is 6.04. The lowest BCUT2D eigenvalue weighted by Crippen LogP contribution is -2.11. The summed E-state index contributed by atoms with van der Waals surface area (Å²) in [6, 6.07) is 10.7. The molecule has 3 rings (SSSR count). The molecule has 2 aliphatic rings. The molecule has 0 radical (unpaired) electrons. The summed E-state index contributed by atoms with van der Waals surface area (Å²) in [6.07, 6.45) is 8.43. The van der Waals surface area contributed by atoms with Crippen molar-refractivity contribution in [3.63, 3.8) is 0 Å². The number of hydrogen-bond donors (Lipinski definition) is 0. The van der Waals surface area contributed by atoms with Crippen LogP contribution in [0.2, 0.25) is 6.04 Å². The Labute approximate surface area is 120 Å². The van der Waals surface area contributed by atoms with Crippen LogP contribution in [0.15, 0.2) is 30.8 Å². The fourth-order valence-electron chi connectivity index (χ4n) is 4.15. The predicted molar refractivity (Wildman–Crippen MR) is 87.5 cm³/mol. The lowest BCUT2D eigenvalue weighted by atomic mass is 9.81. The number of allylic oxidation sites excluding steroid dienone is 1. The quantitative estimate of drug-likeness (QED) is 0.713. The molecule has 3 unspecified atom stereocenters. The van der Waals surface area contributed by atoms with Crippen molar-refractivity contribution in [1.82, 2.24) is 0 Å². The van der Waals surface area contributed by atoms with E-state index in [-0.39, 0.29) is 0 Å². The first-order chi connectivity index (χ1) is 9.28. The highest BCUT2D eigenvalue weighted by Gasteiger charge is 2.40. The molecule has 0 heterocycles. The summed E-state index contributed by atoms with van der Waals surface area (Å²) in [6.45, 7) is 4.42. The van der Waals surface area contributed by atoms with E-state index in [4.69, 9.17) is 0 Å². The SMILES string of the molecule is C=C(c1ccc(CCC[SiH3])cc1)C1CC2CCC1C2. The van der Waals surface area contributed by atoms with E-state index >= 15 is 0 Å². The Hall–Kier alpha value is -0.823. The summed E-state index contributed by atoms with van der Waals surface area (Å²) in [7, 11) is 1.34. The second-order valence-electron chi connectivity index (χ2n) is 6.61. The summed E-state index contributed by atoms with van der Waals surface area (Å²) < 4.78 is 0. The minimum absolute atomic E-state index is 0.784. The molecule has 0 spiro atoms. The molecule has 19 heavy (non-hydrogen) atoms. The van der Waals surface area contributed by atoms with E-state index in [1.807, 2.05) is 0 Å². The largest absolute Gasteiger partial charge is 0.0949 e. The molecule has 3 atom stereocenters. The van der Waals surface area contributed by atoms with Crippen LogP contribution in [0, 0.1) is 17.8 Å². The average Bonchev–Trinajstić information content (AvgIpc) is 3.07. The molecular weight excluding hydrogens is 244 g/mol. The van der Waals surface area contributed by atoms with Gasteiger partial charge in [0.15, 0.2) is 0 Å². The van der Waals surface area contributed by atoms with Gasteiger partial charge in [0, 0.05) is 10.2 Å². The minimum Gasteiger partial charge on any atom is -0.0949 e. The van der Waals surface area contributed by atoms with Crippen LogP contribution in [-0.4, -0.2) is 10.2 Å². The van der Waals surface area contributed by atoms with Crippen LogP contribution in [0.4, 0.5) is 0 Å². The molecule has 102 valence electrons. The predicted octanol–water partition coefficient (Wildman–Crippen LogP) is 3.85. The molecule has 2 saturated carbocycles. The van der Waals surface area contributed by atoms with Crippen LogP contribution in [-0.2, 0) is 6.42 Å². The van der Waals surface area contributed by atoms with Crippen LogP contribution in [0.25, 0.3) is 5.57 Å². The number of benzene rings is 1. The lowest BCUT2D eigenvalue weighted by Gasteiger charge is -2.24. The van der Waals surface area contributed by atoms with Gasteiger partial charge in [-0.25, -0.2) is 0 Å². The Kier molecular flexibility index (Phi) is 3.93. The van der Waals surface area contributed by atoms with Gasteiger partial charge in [-0.1, -0.05) is 49.7 Å². The molecule has 1 heteroatoms. The molecule has 2 bridgehead atoms. The third kappa shape index (κ3) is 2.71. The number of fused-ring (bicyclic) bond motifs is 2. The Balaban J connectivity index is 1.67. The fraction of sp³-hybridized carbons (Fsp3) is 0.556. The number of hydrogen-bond acceptors (Lipinski definition) is 0. The van der Waals surface area contributed by atoms with Crippen LogP contribution in [0.5, 0.6) is 0 Å². The van der Waals surface area contributed by atoms with E-state index in [1.54, 1.807) is 0 Å². The second kappa shape index (κ2) is 5.66. The molecule has 2 fully saturated rings. The summed E-state index contributed by atoms with van der Waals surface area (Å²) in [5.74, 6) is 2.74. The topological polar surface area (TPSA) is 0 Å². The van der Waals surface area contributed by atoms with Crippen molar-refractivity contribution in [1.29, 1.82) is 0 Å². The molecule has 1 aromatic carbocycles. The van der Waals surface area contributed by atoms with Crippen LogP contribution in [0.3, 0.4) is 0 Å². The first-order valence-corrected chi connectivity index (χ1v) is 9.47. The molecule has 1 aromatic rings. The van der Waals surface area contributed by atoms with Crippen molar-refractivity contribution in [3.8, 4) is 0 Å². The highest BCUT2D eigenvalue weighted by Crippen LogP contribution is 2.52. The average molecular weight is 270 g/mol. The van der Waals surface area contributed by atoms with E-state index in [0.29, 0.717) is 0 Å². The Morgan fingerprint density at radius 3 is 2.53 bits per heavy atom. The van der Waals surface area contributed by atoms with E-state index in [9.17, 15) is 0 Å². The lowest BCUT2D eigenvalue weighted by molar-refractivity contribution is 0.405. The smallest absolute Gasteiger partial charge is 0.00281 e. The van der Waals surface area contributed by atoms with E-state index in [1.165, 1.54) is 71.5 Å². The van der Waals surface area contributed by atoms with Gasteiger partial charge >= 0.3 is 0 Å². The molecule has 0 aromatic heterocycles. The molecule has 0 N–H and O–H groups in total. The van der Waals surface area contributed by atoms with Crippen LogP contribution in [0.1, 0.15) is 43.2 Å². The van der Waals surface area contributed by atoms with Gasteiger partial charge < -0.3 is 0 Å². The molecule has 0 amide bonds. The first-order valence-electron chi connectivity index (χ1n) is 8.06. The summed E-state index contributed by atoms with van der Waals surface area (Å²) in [5, 5.41) is 0. The zero-order valence-electron chi connectivity index (χ0n) is 12.2. The maximum Gasteiger partial charge on any atom is 0.00281 e. The highest BCUT2D eigenvalue weighted by molar-refractivity contribution is 6.08. The summed E-state index contributed by atoms with van der Waals surface area (Å²) in [5.41, 5.74) is 4.31. The second-order valence-corrected chi connectivity index (χ2v) is 7.61. The Bertz CT molecular complexity index is 445. The summed E-state index contributed by atoms with van der Waals surface area (Å²) >= 11 is 0. The van der Waals surface area contributed by atoms with Crippen molar-refractivity contribution in [3.05, 3.63) is 42.0 Å². The molecule has 0 nitrogen and oxygen atoms in total. The van der Waals surface area contributed by atoms with E-state index in [2.05, 4.69) is 30.8 Å². The zero-order valence-corrected chi connectivity index (χ0v) is 14.2. The van der Waals surface area contributed by atoms with Crippen molar-refractivity contribution in [2.45, 2.75) is 44.6 Å². The maximum atomic E-state index is 4.42. The highest BCUT2D eigenvalue weighted by atomic mass is 28.1. The van der Waals surface area contributed by atoms with Gasteiger partial charge in [-0.15, -0.1) is 0 Å². The van der Waals surface area contributed by atoms with Crippen LogP contribution >= 0.6 is 0 Å². The standard InChI is InChI=1S/C18H26Si/c1-13(18-12-15-6-9-17(18)11-15)16-7-4-14(5-8-16)3-2-10-19/h4-5,7-8,15,17-18H,1-3,6,9-12H2,19H3. The van der Waals surface area contributed by atoms with Crippen LogP contribution < -0.4 is 0 Å². The van der Waals surface area contributed by atoms with Gasteiger partial charge in [0.25, 0.3) is 0 Å². The van der Waals surface area contributed by atoms with Gasteiger partial charge in [0.05, 0.1) is 0 Å². The Morgan fingerprint density at radius 2 is 1.95 bits per heavy atom. The normalized spacial score (nSPS) is 28.9. The van der Waals surface area contributed by atoms with Gasteiger partial charge in [-0.05, 0) is 60.1 Å². The molecule has 2 aliphatic carbocycles. The number of aryl methyl sites for hydroxylation is 1. The maximum absolute atomic E-state index is 4.42. The van der Waals surface area contributed by atoms with Crippen molar-refractivity contribution >= 4 is 15.8 Å². The monoisotopic (exact) mass is 270 g/mol. The van der Waals surface area contributed by atoms with Crippen molar-refractivity contribution in [2.24, 2.45) is 17.8 Å². The van der Waals surface area contributed by atoms with Gasteiger partial charge in [-0.2, -0.15) is 0 Å². The Morgan fingerprint density at radius 1 is 1.16 bits per heavy atom. The van der Waals surface area contributed by atoms with Crippen molar-refractivity contribution in [2.75, 3.05) is 0 Å². The molecule has 0 saturated heterocycles. The van der Waals surface area contributed by atoms with E-state index < -0.39 is 0 Å². The molecular formula is C18H26Si. The fourth-order valence-corrected chi connectivity index (χ4v) is 4.51. The van der Waals surface area contributed by atoms with Gasteiger partial charge in [-0.3, -0.25) is 0 Å².